The largest absolute Gasteiger partial charge is 0.351 e. The molecule has 0 bridgehead atoms. The lowest BCUT2D eigenvalue weighted by molar-refractivity contribution is -0.119. The van der Waals surface area contributed by atoms with Gasteiger partial charge in [-0.1, -0.05) is 48.2 Å². The van der Waals surface area contributed by atoms with Crippen LogP contribution in [0.2, 0.25) is 0 Å². The Balaban J connectivity index is 2.06. The number of para-hydroxylation sites is 1. The van der Waals surface area contributed by atoms with E-state index in [1.54, 1.807) is 6.92 Å². The molecule has 4 N–H and O–H groups in total. The molecule has 1 unspecified atom stereocenters. The second-order valence-electron chi connectivity index (χ2n) is 5.07. The van der Waals surface area contributed by atoms with Crippen molar-refractivity contribution >= 4 is 45.9 Å². The van der Waals surface area contributed by atoms with Crippen LogP contribution >= 0.6 is 23.1 Å². The number of rotatable bonds is 6. The van der Waals surface area contributed by atoms with Gasteiger partial charge < -0.3 is 11.1 Å². The van der Waals surface area contributed by atoms with Gasteiger partial charge in [-0.15, -0.1) is 10.2 Å². The van der Waals surface area contributed by atoms with E-state index in [9.17, 15) is 9.59 Å². The summed E-state index contributed by atoms with van der Waals surface area (Å²) >= 11 is 2.58. The van der Waals surface area contributed by atoms with Gasteiger partial charge in [0.1, 0.15) is 0 Å². The standard InChI is InChI=1S/C15H19N5O2S2/c1-4-10-7-5-6-8(2)11(10)17-14-19-20-15(24-14)23-9(3)12(21)18-13(16)22/h5-7,9H,4H2,1-3H3,(H,17,19)(H3,16,18,21,22). The highest BCUT2D eigenvalue weighted by Crippen LogP contribution is 2.32. The number of benzene rings is 1. The average molecular weight is 365 g/mol. The summed E-state index contributed by atoms with van der Waals surface area (Å²) in [5.74, 6) is -0.454. The summed E-state index contributed by atoms with van der Waals surface area (Å²) in [4.78, 5) is 22.4. The van der Waals surface area contributed by atoms with Gasteiger partial charge >= 0.3 is 6.03 Å². The minimum atomic E-state index is -0.862. The average Bonchev–Trinajstić information content (AvgIpc) is 2.95. The lowest BCUT2D eigenvalue weighted by Gasteiger charge is -2.11. The number of aromatic nitrogens is 2. The Kier molecular flexibility index (Phi) is 6.16. The number of thioether (sulfide) groups is 1. The first kappa shape index (κ1) is 18.2. The Hall–Kier alpha value is -2.13. The number of nitrogens with two attached hydrogens (primary N) is 1. The first-order valence-corrected chi connectivity index (χ1v) is 9.06. The zero-order chi connectivity index (χ0) is 17.7. The highest BCUT2D eigenvalue weighted by atomic mass is 32.2. The van der Waals surface area contributed by atoms with Crippen molar-refractivity contribution in [3.05, 3.63) is 29.3 Å². The van der Waals surface area contributed by atoms with E-state index >= 15 is 0 Å². The van der Waals surface area contributed by atoms with E-state index in [0.717, 1.165) is 17.7 Å². The maximum absolute atomic E-state index is 11.7. The van der Waals surface area contributed by atoms with Crippen molar-refractivity contribution in [1.82, 2.24) is 15.5 Å². The number of primary amides is 1. The molecule has 7 nitrogen and oxygen atoms in total. The third kappa shape index (κ3) is 4.68. The summed E-state index contributed by atoms with van der Waals surface area (Å²) in [6.07, 6.45) is 0.911. The second kappa shape index (κ2) is 8.11. The van der Waals surface area contributed by atoms with Crippen LogP contribution < -0.4 is 16.4 Å². The lowest BCUT2D eigenvalue weighted by atomic mass is 10.1. The van der Waals surface area contributed by atoms with Gasteiger partial charge in [0.05, 0.1) is 5.25 Å². The first-order valence-electron chi connectivity index (χ1n) is 7.36. The number of nitrogens with zero attached hydrogens (tertiary/aromatic N) is 2. The van der Waals surface area contributed by atoms with Crippen molar-refractivity contribution in [2.24, 2.45) is 5.73 Å². The summed E-state index contributed by atoms with van der Waals surface area (Å²) in [6.45, 7) is 5.81. The molecule has 0 aliphatic carbocycles. The Morgan fingerprint density at radius 1 is 1.38 bits per heavy atom. The van der Waals surface area contributed by atoms with Crippen LogP contribution in [0.1, 0.15) is 25.0 Å². The molecule has 0 fully saturated rings. The number of hydrogen-bond donors (Lipinski definition) is 3. The van der Waals surface area contributed by atoms with Gasteiger partial charge in [-0.2, -0.15) is 0 Å². The molecule has 2 aromatic rings. The molecule has 1 aromatic carbocycles. The molecule has 0 radical (unpaired) electrons. The van der Waals surface area contributed by atoms with E-state index in [0.29, 0.717) is 9.47 Å². The second-order valence-corrected chi connectivity index (χ2v) is 7.64. The Morgan fingerprint density at radius 3 is 2.79 bits per heavy atom. The minimum absolute atomic E-state index is 0.454. The Morgan fingerprint density at radius 2 is 2.12 bits per heavy atom. The number of aryl methyl sites for hydroxylation is 2. The quantitative estimate of drug-likeness (QED) is 0.679. The number of amides is 3. The molecule has 1 aromatic heterocycles. The molecule has 3 amide bonds. The predicted octanol–water partition coefficient (Wildman–Crippen LogP) is 2.83. The Bertz CT molecular complexity index is 747. The van der Waals surface area contributed by atoms with Crippen LogP contribution in [0.4, 0.5) is 15.6 Å². The normalized spacial score (nSPS) is 11.8. The van der Waals surface area contributed by atoms with Crippen molar-refractivity contribution in [3.8, 4) is 0 Å². The molecule has 1 heterocycles. The van der Waals surface area contributed by atoms with E-state index in [1.165, 1.54) is 28.7 Å². The molecule has 0 saturated heterocycles. The van der Waals surface area contributed by atoms with Crippen LogP contribution in [-0.4, -0.2) is 27.4 Å². The Labute approximate surface area is 148 Å². The van der Waals surface area contributed by atoms with E-state index in [2.05, 4.69) is 33.8 Å². The predicted molar refractivity (Wildman–Crippen MR) is 96.8 cm³/mol. The number of urea groups is 1. The molecule has 128 valence electrons. The molecule has 24 heavy (non-hydrogen) atoms. The van der Waals surface area contributed by atoms with Gasteiger partial charge in [0, 0.05) is 5.69 Å². The topological polar surface area (TPSA) is 110 Å². The van der Waals surface area contributed by atoms with Crippen LogP contribution in [0.25, 0.3) is 0 Å². The van der Waals surface area contributed by atoms with Crippen molar-refractivity contribution in [2.45, 2.75) is 36.8 Å². The van der Waals surface area contributed by atoms with Gasteiger partial charge in [-0.25, -0.2) is 4.79 Å². The van der Waals surface area contributed by atoms with Crippen molar-refractivity contribution < 1.29 is 9.59 Å². The van der Waals surface area contributed by atoms with Crippen molar-refractivity contribution in [3.63, 3.8) is 0 Å². The van der Waals surface area contributed by atoms with Gasteiger partial charge in [0.15, 0.2) is 4.34 Å². The van der Waals surface area contributed by atoms with Crippen LogP contribution in [0.15, 0.2) is 22.5 Å². The van der Waals surface area contributed by atoms with Crippen LogP contribution in [0, 0.1) is 6.92 Å². The van der Waals surface area contributed by atoms with Crippen LogP contribution in [-0.2, 0) is 11.2 Å². The maximum atomic E-state index is 11.7. The number of nitrogens with one attached hydrogen (secondary N) is 2. The number of anilines is 2. The monoisotopic (exact) mass is 365 g/mol. The highest BCUT2D eigenvalue weighted by molar-refractivity contribution is 8.02. The fourth-order valence-corrected chi connectivity index (χ4v) is 3.95. The van der Waals surface area contributed by atoms with E-state index in [1.807, 2.05) is 19.1 Å². The van der Waals surface area contributed by atoms with E-state index in [4.69, 9.17) is 5.73 Å². The smallest absolute Gasteiger partial charge is 0.318 e. The summed E-state index contributed by atoms with van der Waals surface area (Å²) < 4.78 is 0.635. The van der Waals surface area contributed by atoms with Crippen molar-refractivity contribution in [1.29, 1.82) is 0 Å². The van der Waals surface area contributed by atoms with E-state index in [-0.39, 0.29) is 0 Å². The minimum Gasteiger partial charge on any atom is -0.351 e. The third-order valence-electron chi connectivity index (χ3n) is 3.27. The molecular formula is C15H19N5O2S2. The highest BCUT2D eigenvalue weighted by Gasteiger charge is 2.18. The molecule has 2 rings (SSSR count). The summed E-state index contributed by atoms with van der Waals surface area (Å²) in [5.41, 5.74) is 8.31. The maximum Gasteiger partial charge on any atom is 0.318 e. The van der Waals surface area contributed by atoms with Gasteiger partial charge in [-0.3, -0.25) is 10.1 Å². The summed E-state index contributed by atoms with van der Waals surface area (Å²) in [5, 5.41) is 13.7. The fraction of sp³-hybridized carbons (Fsp3) is 0.333. The van der Waals surface area contributed by atoms with Crippen molar-refractivity contribution in [2.75, 3.05) is 5.32 Å². The number of carbonyl (C=O) groups excluding carboxylic acids is 2. The van der Waals surface area contributed by atoms with Gasteiger partial charge in [0.25, 0.3) is 0 Å². The molecule has 9 heteroatoms. The van der Waals surface area contributed by atoms with E-state index < -0.39 is 17.2 Å². The molecule has 0 aliphatic rings. The lowest BCUT2D eigenvalue weighted by Crippen LogP contribution is -2.39. The fourth-order valence-electron chi connectivity index (χ4n) is 2.04. The van der Waals surface area contributed by atoms with Crippen LogP contribution in [0.3, 0.4) is 0 Å². The summed E-state index contributed by atoms with van der Waals surface area (Å²) in [6, 6.07) is 5.27. The molecular weight excluding hydrogens is 346 g/mol. The molecule has 1 atom stereocenters. The molecule has 0 aliphatic heterocycles. The number of hydrogen-bond acceptors (Lipinski definition) is 7. The SMILES string of the molecule is CCc1cccc(C)c1Nc1nnc(SC(C)C(=O)NC(N)=O)s1. The molecule has 0 saturated carbocycles. The summed E-state index contributed by atoms with van der Waals surface area (Å²) in [7, 11) is 0. The van der Waals surface area contributed by atoms with Crippen LogP contribution in [0.5, 0.6) is 0 Å². The first-order chi connectivity index (χ1) is 11.4. The van der Waals surface area contributed by atoms with Gasteiger partial charge in [-0.05, 0) is 31.4 Å². The number of carbonyl (C=O) groups is 2. The zero-order valence-corrected chi connectivity index (χ0v) is 15.3. The van der Waals surface area contributed by atoms with Gasteiger partial charge in [0.2, 0.25) is 11.0 Å². The number of imide groups is 1. The zero-order valence-electron chi connectivity index (χ0n) is 13.6. The third-order valence-corrected chi connectivity index (χ3v) is 5.29. The molecule has 0 spiro atoms.